The van der Waals surface area contributed by atoms with Gasteiger partial charge in [-0.15, -0.1) is 11.8 Å². The van der Waals surface area contributed by atoms with E-state index in [0.29, 0.717) is 5.92 Å². The van der Waals surface area contributed by atoms with E-state index in [-0.39, 0.29) is 11.2 Å². The zero-order chi connectivity index (χ0) is 10.8. The van der Waals surface area contributed by atoms with Crippen LogP contribution in [0.3, 0.4) is 0 Å². The minimum absolute atomic E-state index is 0.0563. The number of carbonyl (C=O) groups is 1. The Labute approximate surface area is 93.0 Å². The van der Waals surface area contributed by atoms with Gasteiger partial charge in [-0.05, 0) is 18.8 Å². The summed E-state index contributed by atoms with van der Waals surface area (Å²) in [6.07, 6.45) is 5.96. The maximum atomic E-state index is 11.5. The first-order valence-corrected chi connectivity index (χ1v) is 5.82. The molecule has 0 saturated heterocycles. The zero-order valence-electron chi connectivity index (χ0n) is 8.84. The molecule has 0 aliphatic heterocycles. The Balaban J connectivity index is 2.03. The van der Waals surface area contributed by atoms with Gasteiger partial charge < -0.3 is 4.74 Å². The van der Waals surface area contributed by atoms with Crippen molar-refractivity contribution in [2.24, 2.45) is 13.0 Å². The van der Waals surface area contributed by atoms with Gasteiger partial charge in [0.25, 0.3) is 0 Å². The predicted octanol–water partition coefficient (Wildman–Crippen LogP) is 1.46. The molecule has 5 heteroatoms. The van der Waals surface area contributed by atoms with E-state index in [1.807, 2.05) is 13.2 Å². The quantitative estimate of drug-likeness (QED) is 0.576. The molecule has 1 saturated carbocycles. The third-order valence-electron chi connectivity index (χ3n) is 2.43. The summed E-state index contributed by atoms with van der Waals surface area (Å²) in [6.45, 7) is 0. The van der Waals surface area contributed by atoms with E-state index in [1.165, 1.54) is 7.11 Å². The van der Waals surface area contributed by atoms with Crippen molar-refractivity contribution in [2.75, 3.05) is 7.11 Å². The summed E-state index contributed by atoms with van der Waals surface area (Å²) >= 11 is 1.55. The summed E-state index contributed by atoms with van der Waals surface area (Å²) in [5, 5.41) is 4.02. The average Bonchev–Trinajstić information content (AvgIpc) is 2.98. The largest absolute Gasteiger partial charge is 0.468 e. The summed E-state index contributed by atoms with van der Waals surface area (Å²) < 4.78 is 6.55. The van der Waals surface area contributed by atoms with E-state index >= 15 is 0 Å². The Bertz CT molecular complexity index is 360. The van der Waals surface area contributed by atoms with Crippen LogP contribution < -0.4 is 0 Å². The molecular weight excluding hydrogens is 212 g/mol. The van der Waals surface area contributed by atoms with Crippen molar-refractivity contribution in [1.29, 1.82) is 0 Å². The lowest BCUT2D eigenvalue weighted by Gasteiger charge is -2.11. The van der Waals surface area contributed by atoms with Gasteiger partial charge in [0.1, 0.15) is 5.25 Å². The smallest absolute Gasteiger partial charge is 0.319 e. The van der Waals surface area contributed by atoms with Crippen LogP contribution in [0.15, 0.2) is 17.3 Å². The molecule has 15 heavy (non-hydrogen) atoms. The van der Waals surface area contributed by atoms with Crippen molar-refractivity contribution in [2.45, 2.75) is 23.0 Å². The number of aryl methyl sites for hydroxylation is 1. The van der Waals surface area contributed by atoms with Gasteiger partial charge >= 0.3 is 5.97 Å². The number of nitrogens with zero attached hydrogens (tertiary/aromatic N) is 2. The van der Waals surface area contributed by atoms with Crippen LogP contribution in [0, 0.1) is 5.92 Å². The Morgan fingerprint density at radius 1 is 1.73 bits per heavy atom. The number of esters is 1. The zero-order valence-corrected chi connectivity index (χ0v) is 9.66. The van der Waals surface area contributed by atoms with Crippen LogP contribution >= 0.6 is 11.8 Å². The number of hydrogen-bond acceptors (Lipinski definition) is 4. The number of thioether (sulfide) groups is 1. The highest BCUT2D eigenvalue weighted by Gasteiger charge is 2.37. The third kappa shape index (κ3) is 2.53. The molecule has 1 atom stereocenters. The van der Waals surface area contributed by atoms with Crippen LogP contribution in [0.2, 0.25) is 0 Å². The maximum absolute atomic E-state index is 11.5. The van der Waals surface area contributed by atoms with Gasteiger partial charge in [-0.25, -0.2) is 0 Å². The fourth-order valence-corrected chi connectivity index (χ4v) is 2.73. The fraction of sp³-hybridized carbons (Fsp3) is 0.600. The predicted molar refractivity (Wildman–Crippen MR) is 57.6 cm³/mol. The number of aromatic nitrogens is 2. The SMILES string of the molecule is COC(=O)C(Sc1cnn(C)c1)C1CC1. The van der Waals surface area contributed by atoms with Crippen LogP contribution in [0.1, 0.15) is 12.8 Å². The van der Waals surface area contributed by atoms with Crippen molar-refractivity contribution < 1.29 is 9.53 Å². The van der Waals surface area contributed by atoms with Crippen LogP contribution in [0.25, 0.3) is 0 Å². The normalized spacial score (nSPS) is 17.5. The number of ether oxygens (including phenoxy) is 1. The average molecular weight is 226 g/mol. The van der Waals surface area contributed by atoms with Crippen molar-refractivity contribution >= 4 is 17.7 Å². The molecule has 1 aliphatic rings. The molecule has 4 nitrogen and oxygen atoms in total. The van der Waals surface area contributed by atoms with E-state index in [4.69, 9.17) is 4.74 Å². The molecule has 0 bridgehead atoms. The van der Waals surface area contributed by atoms with Crippen LogP contribution in [-0.2, 0) is 16.6 Å². The second-order valence-corrected chi connectivity index (χ2v) is 4.96. The van der Waals surface area contributed by atoms with Crippen LogP contribution in [0.5, 0.6) is 0 Å². The highest BCUT2D eigenvalue weighted by Crippen LogP contribution is 2.42. The van der Waals surface area contributed by atoms with Gasteiger partial charge in [0.2, 0.25) is 0 Å². The van der Waals surface area contributed by atoms with E-state index in [0.717, 1.165) is 17.7 Å². The molecule has 0 N–H and O–H groups in total. The Morgan fingerprint density at radius 2 is 2.47 bits per heavy atom. The highest BCUT2D eigenvalue weighted by molar-refractivity contribution is 8.00. The summed E-state index contributed by atoms with van der Waals surface area (Å²) in [6, 6.07) is 0. The van der Waals surface area contributed by atoms with Gasteiger partial charge in [-0.3, -0.25) is 9.48 Å². The molecule has 1 fully saturated rings. The summed E-state index contributed by atoms with van der Waals surface area (Å²) in [7, 11) is 3.32. The number of methoxy groups -OCH3 is 1. The molecule has 1 aromatic rings. The molecule has 0 spiro atoms. The molecule has 2 rings (SSSR count). The topological polar surface area (TPSA) is 44.1 Å². The molecule has 1 aromatic heterocycles. The molecule has 0 amide bonds. The summed E-state index contributed by atoms with van der Waals surface area (Å²) in [4.78, 5) is 12.6. The van der Waals surface area contributed by atoms with E-state index < -0.39 is 0 Å². The van der Waals surface area contributed by atoms with E-state index in [9.17, 15) is 4.79 Å². The lowest BCUT2D eigenvalue weighted by molar-refractivity contribution is -0.140. The maximum Gasteiger partial charge on any atom is 0.319 e. The minimum atomic E-state index is -0.119. The lowest BCUT2D eigenvalue weighted by Crippen LogP contribution is -2.20. The first kappa shape index (κ1) is 10.5. The van der Waals surface area contributed by atoms with E-state index in [1.54, 1.807) is 22.6 Å². The Kier molecular flexibility index (Phi) is 3.00. The van der Waals surface area contributed by atoms with Gasteiger partial charge in [-0.2, -0.15) is 5.10 Å². The standard InChI is InChI=1S/C10H14N2O2S/c1-12-6-8(5-11-12)15-9(7-3-4-7)10(13)14-2/h5-7,9H,3-4H2,1-2H3. The second kappa shape index (κ2) is 4.26. The first-order valence-electron chi connectivity index (χ1n) is 4.94. The molecule has 1 heterocycles. The van der Waals surface area contributed by atoms with Gasteiger partial charge in [-0.1, -0.05) is 0 Å². The molecular formula is C10H14N2O2S. The summed E-state index contributed by atoms with van der Waals surface area (Å²) in [5.74, 6) is 0.369. The number of carbonyl (C=O) groups excluding carboxylic acids is 1. The second-order valence-electron chi connectivity index (χ2n) is 3.75. The third-order valence-corrected chi connectivity index (χ3v) is 3.74. The van der Waals surface area contributed by atoms with Gasteiger partial charge in [0.05, 0.1) is 13.3 Å². The van der Waals surface area contributed by atoms with Crippen molar-refractivity contribution in [3.63, 3.8) is 0 Å². The number of rotatable bonds is 4. The minimum Gasteiger partial charge on any atom is -0.468 e. The van der Waals surface area contributed by atoms with Crippen molar-refractivity contribution in [3.05, 3.63) is 12.4 Å². The first-order chi connectivity index (χ1) is 7.20. The Hall–Kier alpha value is -0.970. The lowest BCUT2D eigenvalue weighted by atomic mass is 10.3. The monoisotopic (exact) mass is 226 g/mol. The van der Waals surface area contributed by atoms with Crippen LogP contribution in [-0.4, -0.2) is 28.1 Å². The fourth-order valence-electron chi connectivity index (χ4n) is 1.46. The van der Waals surface area contributed by atoms with Crippen molar-refractivity contribution in [1.82, 2.24) is 9.78 Å². The van der Waals surface area contributed by atoms with Crippen LogP contribution in [0.4, 0.5) is 0 Å². The van der Waals surface area contributed by atoms with Crippen molar-refractivity contribution in [3.8, 4) is 0 Å². The van der Waals surface area contributed by atoms with E-state index in [2.05, 4.69) is 5.10 Å². The molecule has 82 valence electrons. The van der Waals surface area contributed by atoms with Gasteiger partial charge in [0.15, 0.2) is 0 Å². The summed E-state index contributed by atoms with van der Waals surface area (Å²) in [5.41, 5.74) is 0. The molecule has 1 unspecified atom stereocenters. The number of hydrogen-bond donors (Lipinski definition) is 0. The molecule has 1 aliphatic carbocycles. The molecule has 0 radical (unpaired) electrons. The Morgan fingerprint density at radius 3 is 2.93 bits per heavy atom. The van der Waals surface area contributed by atoms with Gasteiger partial charge in [0, 0.05) is 18.1 Å². The highest BCUT2D eigenvalue weighted by atomic mass is 32.2. The molecule has 0 aromatic carbocycles.